The van der Waals surface area contributed by atoms with Gasteiger partial charge in [0.1, 0.15) is 0 Å². The highest BCUT2D eigenvalue weighted by atomic mass is 16.1. The van der Waals surface area contributed by atoms with Crippen LogP contribution >= 0.6 is 0 Å². The van der Waals surface area contributed by atoms with Crippen LogP contribution in [-0.2, 0) is 4.79 Å². The average Bonchev–Trinajstić information content (AvgIpc) is 1.98. The second kappa shape index (κ2) is 5.11. The molecule has 0 unspecified atom stereocenters. The summed E-state index contributed by atoms with van der Waals surface area (Å²) in [5.41, 5.74) is 0.918. The third-order valence-electron chi connectivity index (χ3n) is 1.65. The van der Waals surface area contributed by atoms with Crippen molar-refractivity contribution in [1.29, 1.82) is 0 Å². The SMILES string of the molecule is CCC/C=C(\C)C(=O)C(C)C. The van der Waals surface area contributed by atoms with Gasteiger partial charge in [-0.2, -0.15) is 0 Å². The molecule has 0 aromatic heterocycles. The number of carbonyl (C=O) groups excluding carboxylic acids is 1. The van der Waals surface area contributed by atoms with Crippen molar-refractivity contribution in [3.63, 3.8) is 0 Å². The zero-order chi connectivity index (χ0) is 8.85. The van der Waals surface area contributed by atoms with Crippen LogP contribution in [0.5, 0.6) is 0 Å². The summed E-state index contributed by atoms with van der Waals surface area (Å²) in [7, 11) is 0. The van der Waals surface area contributed by atoms with Crippen LogP contribution in [0.1, 0.15) is 40.5 Å². The third-order valence-corrected chi connectivity index (χ3v) is 1.65. The van der Waals surface area contributed by atoms with Gasteiger partial charge in [0.2, 0.25) is 0 Å². The zero-order valence-corrected chi connectivity index (χ0v) is 7.98. The van der Waals surface area contributed by atoms with Crippen LogP contribution in [0, 0.1) is 5.92 Å². The second-order valence-electron chi connectivity index (χ2n) is 3.19. The Morgan fingerprint density at radius 2 is 2.00 bits per heavy atom. The zero-order valence-electron chi connectivity index (χ0n) is 7.98. The van der Waals surface area contributed by atoms with Crippen LogP contribution in [0.15, 0.2) is 11.6 Å². The van der Waals surface area contributed by atoms with Gasteiger partial charge < -0.3 is 0 Å². The van der Waals surface area contributed by atoms with Crippen molar-refractivity contribution in [3.8, 4) is 0 Å². The number of carbonyl (C=O) groups is 1. The van der Waals surface area contributed by atoms with Crippen LogP contribution in [-0.4, -0.2) is 5.78 Å². The highest BCUT2D eigenvalue weighted by Gasteiger charge is 2.07. The summed E-state index contributed by atoms with van der Waals surface area (Å²) in [6, 6.07) is 0. The molecule has 11 heavy (non-hydrogen) atoms. The lowest BCUT2D eigenvalue weighted by Gasteiger charge is -2.02. The van der Waals surface area contributed by atoms with Gasteiger partial charge in [-0.3, -0.25) is 4.79 Å². The van der Waals surface area contributed by atoms with Gasteiger partial charge in [-0.15, -0.1) is 0 Å². The van der Waals surface area contributed by atoms with E-state index in [4.69, 9.17) is 0 Å². The summed E-state index contributed by atoms with van der Waals surface area (Å²) in [6.07, 6.45) is 4.16. The van der Waals surface area contributed by atoms with Crippen LogP contribution in [0.25, 0.3) is 0 Å². The molecule has 0 N–H and O–H groups in total. The Bertz CT molecular complexity index is 154. The Kier molecular flexibility index (Phi) is 4.84. The van der Waals surface area contributed by atoms with Gasteiger partial charge in [-0.05, 0) is 18.9 Å². The summed E-state index contributed by atoms with van der Waals surface area (Å²) in [5.74, 6) is 0.418. The fourth-order valence-electron chi connectivity index (χ4n) is 0.917. The number of hydrogen-bond donors (Lipinski definition) is 0. The molecule has 64 valence electrons. The van der Waals surface area contributed by atoms with Crippen LogP contribution in [0.4, 0.5) is 0 Å². The van der Waals surface area contributed by atoms with Gasteiger partial charge in [-0.1, -0.05) is 33.3 Å². The Balaban J connectivity index is 4.01. The summed E-state index contributed by atoms with van der Waals surface area (Å²) in [4.78, 5) is 11.3. The molecule has 0 aromatic rings. The van der Waals surface area contributed by atoms with E-state index >= 15 is 0 Å². The highest BCUT2D eigenvalue weighted by Crippen LogP contribution is 2.06. The number of rotatable bonds is 4. The molecule has 0 atom stereocenters. The van der Waals surface area contributed by atoms with E-state index in [1.165, 1.54) is 0 Å². The Labute approximate surface area is 69.5 Å². The van der Waals surface area contributed by atoms with E-state index in [2.05, 4.69) is 6.92 Å². The summed E-state index contributed by atoms with van der Waals surface area (Å²) in [6.45, 7) is 7.89. The van der Waals surface area contributed by atoms with Crippen LogP contribution < -0.4 is 0 Å². The molecular formula is C10H18O. The van der Waals surface area contributed by atoms with Crippen molar-refractivity contribution in [2.24, 2.45) is 5.92 Å². The van der Waals surface area contributed by atoms with Crippen molar-refractivity contribution in [3.05, 3.63) is 11.6 Å². The van der Waals surface area contributed by atoms with Crippen LogP contribution in [0.2, 0.25) is 0 Å². The fraction of sp³-hybridized carbons (Fsp3) is 0.700. The first kappa shape index (κ1) is 10.4. The van der Waals surface area contributed by atoms with Crippen molar-refractivity contribution in [2.75, 3.05) is 0 Å². The quantitative estimate of drug-likeness (QED) is 0.569. The fourth-order valence-corrected chi connectivity index (χ4v) is 0.917. The van der Waals surface area contributed by atoms with Gasteiger partial charge in [0.25, 0.3) is 0 Å². The molecule has 0 fully saturated rings. The number of unbranched alkanes of at least 4 members (excludes halogenated alkanes) is 1. The van der Waals surface area contributed by atoms with E-state index in [0.717, 1.165) is 18.4 Å². The molecule has 0 aliphatic carbocycles. The molecule has 0 amide bonds. The van der Waals surface area contributed by atoms with Gasteiger partial charge >= 0.3 is 0 Å². The molecule has 0 radical (unpaired) electrons. The van der Waals surface area contributed by atoms with E-state index in [1.807, 2.05) is 26.8 Å². The molecule has 0 bridgehead atoms. The molecule has 0 saturated carbocycles. The molecular weight excluding hydrogens is 136 g/mol. The minimum absolute atomic E-state index is 0.142. The highest BCUT2D eigenvalue weighted by molar-refractivity contribution is 5.96. The summed E-state index contributed by atoms with van der Waals surface area (Å²) < 4.78 is 0. The lowest BCUT2D eigenvalue weighted by Crippen LogP contribution is -2.07. The monoisotopic (exact) mass is 154 g/mol. The first-order valence-corrected chi connectivity index (χ1v) is 4.30. The van der Waals surface area contributed by atoms with E-state index in [0.29, 0.717) is 0 Å². The van der Waals surface area contributed by atoms with E-state index in [9.17, 15) is 4.79 Å². The Morgan fingerprint density at radius 3 is 2.36 bits per heavy atom. The van der Waals surface area contributed by atoms with E-state index in [1.54, 1.807) is 0 Å². The Hall–Kier alpha value is -0.590. The van der Waals surface area contributed by atoms with Gasteiger partial charge in [0.15, 0.2) is 5.78 Å². The van der Waals surface area contributed by atoms with Gasteiger partial charge in [0, 0.05) is 5.92 Å². The van der Waals surface area contributed by atoms with Crippen molar-refractivity contribution in [1.82, 2.24) is 0 Å². The standard InChI is InChI=1S/C10H18O/c1-5-6-7-9(4)10(11)8(2)3/h7-8H,5-6H2,1-4H3/b9-7+. The molecule has 0 aliphatic rings. The number of hydrogen-bond acceptors (Lipinski definition) is 1. The number of ketones is 1. The molecule has 1 nitrogen and oxygen atoms in total. The smallest absolute Gasteiger partial charge is 0.160 e. The summed E-state index contributed by atoms with van der Waals surface area (Å²) in [5, 5.41) is 0. The minimum atomic E-state index is 0.142. The minimum Gasteiger partial charge on any atom is -0.294 e. The largest absolute Gasteiger partial charge is 0.294 e. The van der Waals surface area contributed by atoms with Crippen molar-refractivity contribution < 1.29 is 4.79 Å². The topological polar surface area (TPSA) is 17.1 Å². The normalized spacial score (nSPS) is 12.3. The molecule has 0 rings (SSSR count). The predicted octanol–water partition coefficient (Wildman–Crippen LogP) is 2.96. The Morgan fingerprint density at radius 1 is 1.45 bits per heavy atom. The number of allylic oxidation sites excluding steroid dienone is 2. The van der Waals surface area contributed by atoms with Gasteiger partial charge in [-0.25, -0.2) is 0 Å². The molecule has 0 spiro atoms. The van der Waals surface area contributed by atoms with Crippen LogP contribution in [0.3, 0.4) is 0 Å². The maximum absolute atomic E-state index is 11.3. The van der Waals surface area contributed by atoms with Crippen molar-refractivity contribution >= 4 is 5.78 Å². The molecule has 0 aliphatic heterocycles. The summed E-state index contributed by atoms with van der Waals surface area (Å²) >= 11 is 0. The van der Waals surface area contributed by atoms with Crippen molar-refractivity contribution in [2.45, 2.75) is 40.5 Å². The first-order valence-electron chi connectivity index (χ1n) is 4.30. The second-order valence-corrected chi connectivity index (χ2v) is 3.19. The van der Waals surface area contributed by atoms with Gasteiger partial charge in [0.05, 0.1) is 0 Å². The molecule has 0 heterocycles. The molecule has 0 aromatic carbocycles. The lowest BCUT2D eigenvalue weighted by molar-refractivity contribution is -0.118. The number of Topliss-reactive ketones (excluding diaryl/α,β-unsaturated/α-hetero) is 1. The third kappa shape index (κ3) is 3.97. The maximum atomic E-state index is 11.3. The van der Waals surface area contributed by atoms with E-state index < -0.39 is 0 Å². The molecule has 0 saturated heterocycles. The predicted molar refractivity (Wildman–Crippen MR) is 48.5 cm³/mol. The van der Waals surface area contributed by atoms with E-state index in [-0.39, 0.29) is 11.7 Å². The average molecular weight is 154 g/mol. The first-order chi connectivity index (χ1) is 5.09. The lowest BCUT2D eigenvalue weighted by atomic mass is 10.0. The molecule has 1 heteroatoms. The maximum Gasteiger partial charge on any atom is 0.160 e.